The Hall–Kier alpha value is -2.97. The van der Waals surface area contributed by atoms with Crippen LogP contribution in [0.15, 0.2) is 52.6 Å². The van der Waals surface area contributed by atoms with Crippen molar-refractivity contribution in [2.75, 3.05) is 29.2 Å². The molecule has 2 heterocycles. The lowest BCUT2D eigenvalue weighted by Crippen LogP contribution is -2.36. The number of aromatic nitrogens is 1. The minimum absolute atomic E-state index is 0.0401. The Bertz CT molecular complexity index is 1180. The van der Waals surface area contributed by atoms with E-state index < -0.39 is 28.6 Å². The van der Waals surface area contributed by atoms with Gasteiger partial charge in [0.05, 0.1) is 10.8 Å². The number of thioether (sulfide) groups is 1. The molecule has 1 atom stereocenters. The van der Waals surface area contributed by atoms with Crippen LogP contribution in [0.5, 0.6) is 0 Å². The number of carbonyl (C=O) groups is 2. The molecular formula is C25H30N5O6S3-. The van der Waals surface area contributed by atoms with Crippen LogP contribution in [0.1, 0.15) is 32.8 Å². The van der Waals surface area contributed by atoms with Crippen molar-refractivity contribution in [1.82, 2.24) is 9.88 Å². The van der Waals surface area contributed by atoms with Crippen molar-refractivity contribution in [1.29, 1.82) is 0 Å². The Morgan fingerprint density at radius 3 is 2.67 bits per heavy atom. The highest BCUT2D eigenvalue weighted by Gasteiger charge is 2.22. The summed E-state index contributed by atoms with van der Waals surface area (Å²) >= 11 is 1.75. The van der Waals surface area contributed by atoms with Gasteiger partial charge in [-0.2, -0.15) is 0 Å². The van der Waals surface area contributed by atoms with Crippen molar-refractivity contribution >= 4 is 62.6 Å². The van der Waals surface area contributed by atoms with Crippen LogP contribution in [0.3, 0.4) is 0 Å². The molecule has 1 unspecified atom stereocenters. The molecule has 1 aliphatic heterocycles. The number of nitrogens with zero attached hydrogens (tertiary/aromatic N) is 4. The van der Waals surface area contributed by atoms with Gasteiger partial charge in [0, 0.05) is 48.0 Å². The average molecular weight is 593 g/mol. The molecule has 2 aromatic rings. The molecule has 210 valence electrons. The molecule has 0 aliphatic carbocycles. The number of anilines is 1. The van der Waals surface area contributed by atoms with E-state index in [4.69, 9.17) is 4.74 Å². The number of rotatable bonds is 11. The first-order chi connectivity index (χ1) is 18.5. The zero-order chi connectivity index (χ0) is 28.4. The first kappa shape index (κ1) is 30.6. The maximum absolute atomic E-state index is 13.1. The van der Waals surface area contributed by atoms with E-state index in [0.717, 1.165) is 45.3 Å². The summed E-state index contributed by atoms with van der Waals surface area (Å²) in [7, 11) is 2.14. The predicted octanol–water partition coefficient (Wildman–Crippen LogP) is 3.73. The fraction of sp³-hybridized carbons (Fsp3) is 0.440. The lowest BCUT2D eigenvalue weighted by atomic mass is 10.1. The predicted molar refractivity (Wildman–Crippen MR) is 154 cm³/mol. The number of aliphatic imine (C=N–C) groups is 1. The Kier molecular flexibility index (Phi) is 11.3. The summed E-state index contributed by atoms with van der Waals surface area (Å²) in [6, 6.07) is 8.84. The van der Waals surface area contributed by atoms with E-state index in [-0.39, 0.29) is 22.4 Å². The molecule has 0 bridgehead atoms. The van der Waals surface area contributed by atoms with Crippen LogP contribution in [0.25, 0.3) is 0 Å². The SMILES string of the molecule is CC(C)(C)OC([O-])=NC(CSSc1ncccc1[N+](=O)[O-])C(=O)Nc1ccc(CCC(=O)N2CCSC2)cc1. The Balaban J connectivity index is 1.62. The largest absolute Gasteiger partial charge is 0.595 e. The van der Waals surface area contributed by atoms with Crippen LogP contribution >= 0.6 is 33.3 Å². The molecule has 1 aromatic carbocycles. The van der Waals surface area contributed by atoms with Crippen LogP contribution in [0, 0.1) is 10.1 Å². The van der Waals surface area contributed by atoms with Gasteiger partial charge in [-0.1, -0.05) is 43.7 Å². The zero-order valence-electron chi connectivity index (χ0n) is 21.8. The van der Waals surface area contributed by atoms with Gasteiger partial charge in [-0.3, -0.25) is 24.7 Å². The number of hydrogen-bond donors (Lipinski definition) is 1. The van der Waals surface area contributed by atoms with Gasteiger partial charge in [0.2, 0.25) is 11.8 Å². The van der Waals surface area contributed by atoms with E-state index in [1.165, 1.54) is 18.3 Å². The third kappa shape index (κ3) is 10.3. The second-order valence-corrected chi connectivity index (χ2v) is 12.9. The Morgan fingerprint density at radius 1 is 1.28 bits per heavy atom. The van der Waals surface area contributed by atoms with E-state index in [1.807, 2.05) is 17.0 Å². The summed E-state index contributed by atoms with van der Waals surface area (Å²) in [5, 5.41) is 26.5. The highest BCUT2D eigenvalue weighted by molar-refractivity contribution is 8.76. The highest BCUT2D eigenvalue weighted by Crippen LogP contribution is 2.36. The van der Waals surface area contributed by atoms with Gasteiger partial charge in [0.1, 0.15) is 12.1 Å². The van der Waals surface area contributed by atoms with Crippen molar-refractivity contribution < 1.29 is 24.4 Å². The molecule has 1 saturated heterocycles. The molecule has 0 saturated carbocycles. The maximum atomic E-state index is 13.1. The number of aryl methyl sites for hydroxylation is 1. The van der Waals surface area contributed by atoms with Gasteiger partial charge in [0.15, 0.2) is 5.03 Å². The van der Waals surface area contributed by atoms with Crippen molar-refractivity contribution in [3.63, 3.8) is 0 Å². The molecular weight excluding hydrogens is 563 g/mol. The molecule has 1 aromatic heterocycles. The molecule has 39 heavy (non-hydrogen) atoms. The number of carbonyl (C=O) groups excluding carboxylic acids is 2. The van der Waals surface area contributed by atoms with Crippen LogP contribution in [0.2, 0.25) is 0 Å². The lowest BCUT2D eigenvalue weighted by molar-refractivity contribution is -0.388. The number of nitro groups is 1. The van der Waals surface area contributed by atoms with Gasteiger partial charge >= 0.3 is 5.69 Å². The quantitative estimate of drug-likeness (QED) is 0.134. The molecule has 0 radical (unpaired) electrons. The zero-order valence-corrected chi connectivity index (χ0v) is 24.3. The summed E-state index contributed by atoms with van der Waals surface area (Å²) in [4.78, 5) is 45.9. The molecule has 1 N–H and O–H groups in total. The van der Waals surface area contributed by atoms with E-state index in [0.29, 0.717) is 18.5 Å². The Morgan fingerprint density at radius 2 is 2.03 bits per heavy atom. The number of benzene rings is 1. The topological polar surface area (TPSA) is 150 Å². The molecule has 0 spiro atoms. The average Bonchev–Trinajstić information content (AvgIpc) is 3.42. The summed E-state index contributed by atoms with van der Waals surface area (Å²) in [5.74, 6) is 1.36. The van der Waals surface area contributed by atoms with E-state index >= 15 is 0 Å². The van der Waals surface area contributed by atoms with Crippen LogP contribution in [-0.2, 0) is 20.7 Å². The second-order valence-electron chi connectivity index (χ2n) is 9.46. The van der Waals surface area contributed by atoms with Gasteiger partial charge in [-0.25, -0.2) is 4.98 Å². The van der Waals surface area contributed by atoms with E-state index in [1.54, 1.807) is 44.7 Å². The lowest BCUT2D eigenvalue weighted by Gasteiger charge is -2.30. The van der Waals surface area contributed by atoms with Gasteiger partial charge in [-0.05, 0) is 41.0 Å². The first-order valence-corrected chi connectivity index (χ1v) is 15.6. The molecule has 2 amide bonds. The van der Waals surface area contributed by atoms with Gasteiger partial charge < -0.3 is 20.1 Å². The van der Waals surface area contributed by atoms with Gasteiger partial charge in [-0.15, -0.1) is 11.8 Å². The second kappa shape index (κ2) is 14.4. The Labute approximate surface area is 239 Å². The van der Waals surface area contributed by atoms with Crippen molar-refractivity contribution in [2.45, 2.75) is 50.3 Å². The standard InChI is InChI=1S/C25H31N5O6S3/c1-25(2,3)36-24(33)28-19(15-38-39-23-20(30(34)35)5-4-12-26-23)22(32)27-18-9-6-17(7-10-18)8-11-21(31)29-13-14-37-16-29/h4-7,9-10,12,19H,8,11,13-16H2,1-3H3,(H,27,32)(H,28,33)/p-1. The summed E-state index contributed by atoms with van der Waals surface area (Å²) < 4.78 is 5.25. The van der Waals surface area contributed by atoms with Crippen molar-refractivity contribution in [2.24, 2.45) is 4.99 Å². The third-order valence-electron chi connectivity index (χ3n) is 5.22. The van der Waals surface area contributed by atoms with Crippen LogP contribution in [-0.4, -0.2) is 68.3 Å². The van der Waals surface area contributed by atoms with E-state index in [9.17, 15) is 24.8 Å². The molecule has 1 aliphatic rings. The van der Waals surface area contributed by atoms with Crippen molar-refractivity contribution in [3.05, 3.63) is 58.3 Å². The summed E-state index contributed by atoms with van der Waals surface area (Å²) in [6.45, 7) is 5.87. The molecule has 3 rings (SSSR count). The monoisotopic (exact) mass is 592 g/mol. The number of hydrogen-bond acceptors (Lipinski definition) is 11. The maximum Gasteiger partial charge on any atom is 0.302 e. The molecule has 11 nitrogen and oxygen atoms in total. The third-order valence-corrected chi connectivity index (χ3v) is 8.47. The first-order valence-electron chi connectivity index (χ1n) is 12.1. The molecule has 1 fully saturated rings. The summed E-state index contributed by atoms with van der Waals surface area (Å²) in [6.07, 6.45) is 1.58. The van der Waals surface area contributed by atoms with E-state index in [2.05, 4.69) is 15.3 Å². The molecule has 14 heteroatoms. The highest BCUT2D eigenvalue weighted by atomic mass is 33.1. The minimum Gasteiger partial charge on any atom is -0.595 e. The smallest absolute Gasteiger partial charge is 0.302 e. The van der Waals surface area contributed by atoms with Crippen molar-refractivity contribution in [3.8, 4) is 0 Å². The summed E-state index contributed by atoms with van der Waals surface area (Å²) in [5.41, 5.74) is 0.532. The number of amides is 2. The van der Waals surface area contributed by atoms with Gasteiger partial charge in [0.25, 0.3) is 0 Å². The van der Waals surface area contributed by atoms with Crippen LogP contribution in [0.4, 0.5) is 11.4 Å². The minimum atomic E-state index is -1.12. The number of pyridine rings is 1. The number of nitrogens with one attached hydrogen (secondary N) is 1. The normalized spacial score (nSPS) is 14.6. The number of ether oxygens (including phenoxy) is 1. The fourth-order valence-corrected chi connectivity index (χ4v) is 6.48. The fourth-order valence-electron chi connectivity index (χ4n) is 3.33. The van der Waals surface area contributed by atoms with Crippen LogP contribution < -0.4 is 10.4 Å².